The number of rotatable bonds is 12. The molecule has 0 unspecified atom stereocenters. The molecule has 0 aromatic carbocycles. The minimum absolute atomic E-state index is 1.12. The summed E-state index contributed by atoms with van der Waals surface area (Å²) >= 11 is 0. The van der Waals surface area contributed by atoms with Crippen molar-refractivity contribution in [1.29, 1.82) is 0 Å². The van der Waals surface area contributed by atoms with Gasteiger partial charge in [0.25, 0.3) is 0 Å². The molecule has 0 bridgehead atoms. The van der Waals surface area contributed by atoms with Crippen LogP contribution < -0.4 is 0 Å². The van der Waals surface area contributed by atoms with Crippen molar-refractivity contribution in [2.24, 2.45) is 0 Å². The molecule has 0 atom stereocenters. The molecule has 136 valence electrons. The maximum atomic E-state index is 3.96. The lowest BCUT2D eigenvalue weighted by molar-refractivity contribution is 0.892. The van der Waals surface area contributed by atoms with Gasteiger partial charge in [-0.2, -0.15) is 0 Å². The van der Waals surface area contributed by atoms with Crippen LogP contribution >= 0.6 is 0 Å². The van der Waals surface area contributed by atoms with Crippen LogP contribution in [0.15, 0.2) is 58.7 Å². The van der Waals surface area contributed by atoms with Crippen molar-refractivity contribution in [2.75, 3.05) is 0 Å². The molecular weight excluding hydrogens is 288 g/mol. The molecule has 0 N–H and O–H groups in total. The lowest BCUT2D eigenvalue weighted by Gasteiger charge is -2.03. The highest BCUT2D eigenvalue weighted by atomic mass is 14.0. The van der Waals surface area contributed by atoms with E-state index in [9.17, 15) is 0 Å². The standard InChI is InChI=1S/C24H40/c1-20(2)12-8-14-22(5)16-10-18-24(7)19-11-17-23(6)15-9-13-21(3)4/h13-14,17-18H,1,8-12,15-16,19H2,2-7H3/b22-14+,23-17+,24-18+. The smallest absolute Gasteiger partial charge is 0.0288 e. The Labute approximate surface area is 152 Å². The van der Waals surface area contributed by atoms with E-state index in [1.807, 2.05) is 0 Å². The second-order valence-electron chi connectivity index (χ2n) is 7.54. The Hall–Kier alpha value is -1.30. The largest absolute Gasteiger partial charge is 0.100 e. The van der Waals surface area contributed by atoms with Crippen molar-refractivity contribution in [2.45, 2.75) is 92.9 Å². The van der Waals surface area contributed by atoms with Gasteiger partial charge in [0.1, 0.15) is 0 Å². The van der Waals surface area contributed by atoms with Crippen molar-refractivity contribution < 1.29 is 0 Å². The van der Waals surface area contributed by atoms with Gasteiger partial charge in [-0.1, -0.05) is 52.2 Å². The predicted octanol–water partition coefficient (Wildman–Crippen LogP) is 8.49. The third kappa shape index (κ3) is 15.6. The first-order valence-corrected chi connectivity index (χ1v) is 9.56. The molecule has 0 heteroatoms. The quantitative estimate of drug-likeness (QED) is 0.315. The van der Waals surface area contributed by atoms with Crippen molar-refractivity contribution in [3.05, 3.63) is 58.7 Å². The van der Waals surface area contributed by atoms with Gasteiger partial charge in [0.15, 0.2) is 0 Å². The van der Waals surface area contributed by atoms with Gasteiger partial charge < -0.3 is 0 Å². The zero-order chi connectivity index (χ0) is 18.4. The van der Waals surface area contributed by atoms with Gasteiger partial charge >= 0.3 is 0 Å². The summed E-state index contributed by atoms with van der Waals surface area (Å²) in [7, 11) is 0. The highest BCUT2D eigenvalue weighted by Gasteiger charge is 1.94. The van der Waals surface area contributed by atoms with Crippen LogP contribution in [0.5, 0.6) is 0 Å². The molecule has 0 aliphatic heterocycles. The molecule has 0 heterocycles. The first-order chi connectivity index (χ1) is 11.3. The molecule has 0 aliphatic carbocycles. The van der Waals surface area contributed by atoms with Crippen LogP contribution in [-0.2, 0) is 0 Å². The first-order valence-electron chi connectivity index (χ1n) is 9.56. The van der Waals surface area contributed by atoms with E-state index in [4.69, 9.17) is 0 Å². The van der Waals surface area contributed by atoms with Crippen molar-refractivity contribution in [3.8, 4) is 0 Å². The normalized spacial score (nSPS) is 13.2. The lowest BCUT2D eigenvalue weighted by Crippen LogP contribution is -1.82. The van der Waals surface area contributed by atoms with Crippen LogP contribution in [-0.4, -0.2) is 0 Å². The van der Waals surface area contributed by atoms with Gasteiger partial charge in [-0.15, -0.1) is 6.58 Å². The Morgan fingerprint density at radius 2 is 0.875 bits per heavy atom. The van der Waals surface area contributed by atoms with Crippen molar-refractivity contribution >= 4 is 0 Å². The highest BCUT2D eigenvalue weighted by Crippen LogP contribution is 2.14. The second-order valence-corrected chi connectivity index (χ2v) is 7.54. The number of hydrogen-bond acceptors (Lipinski definition) is 0. The zero-order valence-electron chi connectivity index (χ0n) is 17.2. The minimum atomic E-state index is 1.12. The van der Waals surface area contributed by atoms with E-state index < -0.39 is 0 Å². The Morgan fingerprint density at radius 3 is 1.21 bits per heavy atom. The Bertz CT molecular complexity index is 476. The summed E-state index contributed by atoms with van der Waals surface area (Å²) in [6.07, 6.45) is 18.9. The molecular formula is C24H40. The van der Waals surface area contributed by atoms with Crippen LogP contribution in [0.25, 0.3) is 0 Å². The monoisotopic (exact) mass is 328 g/mol. The van der Waals surface area contributed by atoms with Crippen LogP contribution in [0.1, 0.15) is 92.9 Å². The summed E-state index contributed by atoms with van der Waals surface area (Å²) in [5.74, 6) is 0. The maximum absolute atomic E-state index is 3.96. The van der Waals surface area contributed by atoms with E-state index in [1.54, 1.807) is 0 Å². The average molecular weight is 329 g/mol. The summed E-state index contributed by atoms with van der Waals surface area (Å²) in [4.78, 5) is 0. The molecule has 0 amide bonds. The molecule has 0 nitrogen and oxygen atoms in total. The molecule has 0 saturated heterocycles. The molecule has 0 spiro atoms. The molecule has 0 aliphatic rings. The summed E-state index contributed by atoms with van der Waals surface area (Å²) < 4.78 is 0. The summed E-state index contributed by atoms with van der Waals surface area (Å²) in [5, 5.41) is 0. The van der Waals surface area contributed by atoms with Crippen LogP contribution in [0.2, 0.25) is 0 Å². The first kappa shape index (κ1) is 22.7. The Kier molecular flexibility index (Phi) is 13.3. The number of hydrogen-bond donors (Lipinski definition) is 0. The van der Waals surface area contributed by atoms with Gasteiger partial charge in [0.2, 0.25) is 0 Å². The fraction of sp³-hybridized carbons (Fsp3) is 0.583. The molecule has 0 aromatic rings. The Morgan fingerprint density at radius 1 is 0.542 bits per heavy atom. The van der Waals surface area contributed by atoms with Crippen LogP contribution in [0.3, 0.4) is 0 Å². The number of allylic oxidation sites excluding steroid dienone is 9. The molecule has 0 saturated carbocycles. The van der Waals surface area contributed by atoms with E-state index in [0.29, 0.717) is 0 Å². The fourth-order valence-corrected chi connectivity index (χ4v) is 2.55. The fourth-order valence-electron chi connectivity index (χ4n) is 2.55. The average Bonchev–Trinajstić information content (AvgIpc) is 2.46. The van der Waals surface area contributed by atoms with Crippen molar-refractivity contribution in [3.63, 3.8) is 0 Å². The van der Waals surface area contributed by atoms with Gasteiger partial charge in [-0.3, -0.25) is 0 Å². The van der Waals surface area contributed by atoms with E-state index in [0.717, 1.165) is 12.8 Å². The third-order valence-electron chi connectivity index (χ3n) is 4.22. The Balaban J connectivity index is 3.98. The van der Waals surface area contributed by atoms with Gasteiger partial charge in [0, 0.05) is 0 Å². The van der Waals surface area contributed by atoms with E-state index >= 15 is 0 Å². The topological polar surface area (TPSA) is 0 Å². The third-order valence-corrected chi connectivity index (χ3v) is 4.22. The molecule has 0 radical (unpaired) electrons. The zero-order valence-corrected chi connectivity index (χ0v) is 17.2. The second kappa shape index (κ2) is 14.1. The molecule has 0 rings (SSSR count). The summed E-state index contributed by atoms with van der Waals surface area (Å²) in [6, 6.07) is 0. The van der Waals surface area contributed by atoms with Crippen molar-refractivity contribution in [1.82, 2.24) is 0 Å². The van der Waals surface area contributed by atoms with Gasteiger partial charge in [0.05, 0.1) is 0 Å². The molecule has 0 aromatic heterocycles. The highest BCUT2D eigenvalue weighted by molar-refractivity contribution is 5.07. The predicted molar refractivity (Wildman–Crippen MR) is 112 cm³/mol. The van der Waals surface area contributed by atoms with E-state index in [1.165, 1.54) is 66.4 Å². The van der Waals surface area contributed by atoms with E-state index in [2.05, 4.69) is 72.4 Å². The molecule has 0 fully saturated rings. The van der Waals surface area contributed by atoms with E-state index in [-0.39, 0.29) is 0 Å². The van der Waals surface area contributed by atoms with Gasteiger partial charge in [-0.25, -0.2) is 0 Å². The van der Waals surface area contributed by atoms with Crippen LogP contribution in [0.4, 0.5) is 0 Å². The maximum Gasteiger partial charge on any atom is -0.0288 e. The van der Waals surface area contributed by atoms with Crippen LogP contribution in [0, 0.1) is 0 Å². The summed E-state index contributed by atoms with van der Waals surface area (Å²) in [6.45, 7) is 17.2. The SMILES string of the molecule is C=C(C)CC/C=C(\C)CC/C=C(\C)CC/C=C(\C)CCC=C(C)C. The summed E-state index contributed by atoms with van der Waals surface area (Å²) in [5.41, 5.74) is 7.26. The van der Waals surface area contributed by atoms with Gasteiger partial charge in [-0.05, 0) is 92.9 Å². The molecule has 24 heavy (non-hydrogen) atoms. The lowest BCUT2D eigenvalue weighted by atomic mass is 10.0. The minimum Gasteiger partial charge on any atom is -0.100 e.